The first kappa shape index (κ1) is 8.01. The van der Waals surface area contributed by atoms with Crippen molar-refractivity contribution in [3.05, 3.63) is 47.5 Å². The Morgan fingerprint density at radius 3 is 3.07 bits per heavy atom. The molecule has 15 heavy (non-hydrogen) atoms. The van der Waals surface area contributed by atoms with Gasteiger partial charge in [0.25, 0.3) is 0 Å². The Bertz CT molecular complexity index is 546. The van der Waals surface area contributed by atoms with Gasteiger partial charge in [-0.3, -0.25) is 4.90 Å². The average Bonchev–Trinajstić information content (AvgIpc) is 2.29. The van der Waals surface area contributed by atoms with Crippen molar-refractivity contribution in [1.29, 1.82) is 0 Å². The molecule has 3 nitrogen and oxygen atoms in total. The van der Waals surface area contributed by atoms with E-state index in [-0.39, 0.29) is 0 Å². The number of terminal acetylenes is 1. The first-order chi connectivity index (χ1) is 7.38. The van der Waals surface area contributed by atoms with Crippen LogP contribution in [-0.4, -0.2) is 17.1 Å². The highest BCUT2D eigenvalue weighted by atomic mass is 15.3. The van der Waals surface area contributed by atoms with Crippen LogP contribution in [0, 0.1) is 12.3 Å². The molecule has 0 saturated heterocycles. The number of hydrogen-bond donors (Lipinski definition) is 0. The van der Waals surface area contributed by atoms with Crippen LogP contribution in [0.1, 0.15) is 0 Å². The standard InChI is InChI=1S/C12H7N3/c1-2-9-7-10-3-5-13-12-14-6-4-11(8-9)15(10)12/h1,3-8H. The second kappa shape index (κ2) is 2.82. The van der Waals surface area contributed by atoms with E-state index in [0.717, 1.165) is 17.0 Å². The SMILES string of the molecule is C#CC1=CC2=CC=NC3=NC=CC(=C1)N23. The van der Waals surface area contributed by atoms with Crippen LogP contribution in [-0.2, 0) is 0 Å². The smallest absolute Gasteiger partial charge is 0.234 e. The first-order valence-electron chi connectivity index (χ1n) is 4.57. The van der Waals surface area contributed by atoms with Gasteiger partial charge in [-0.1, -0.05) is 5.92 Å². The van der Waals surface area contributed by atoms with Crippen molar-refractivity contribution in [2.45, 2.75) is 0 Å². The normalized spacial score (nSPS) is 20.9. The molecule has 0 saturated carbocycles. The summed E-state index contributed by atoms with van der Waals surface area (Å²) >= 11 is 0. The van der Waals surface area contributed by atoms with E-state index in [1.165, 1.54) is 0 Å². The lowest BCUT2D eigenvalue weighted by atomic mass is 10.1. The second-order valence-corrected chi connectivity index (χ2v) is 3.26. The zero-order valence-electron chi connectivity index (χ0n) is 7.88. The highest BCUT2D eigenvalue weighted by Gasteiger charge is 2.24. The van der Waals surface area contributed by atoms with E-state index < -0.39 is 0 Å². The molecule has 0 atom stereocenters. The third-order valence-electron chi connectivity index (χ3n) is 2.36. The molecule has 0 unspecified atom stereocenters. The summed E-state index contributed by atoms with van der Waals surface area (Å²) in [5.41, 5.74) is 2.89. The average molecular weight is 193 g/mol. The van der Waals surface area contributed by atoms with Gasteiger partial charge in [0, 0.05) is 18.0 Å². The van der Waals surface area contributed by atoms with E-state index in [9.17, 15) is 0 Å². The number of rotatable bonds is 0. The molecule has 3 aliphatic rings. The molecule has 0 fully saturated rings. The van der Waals surface area contributed by atoms with Crippen molar-refractivity contribution in [2.75, 3.05) is 0 Å². The fourth-order valence-corrected chi connectivity index (χ4v) is 1.71. The molecule has 0 radical (unpaired) electrons. The Morgan fingerprint density at radius 1 is 1.27 bits per heavy atom. The Balaban J connectivity index is 2.22. The van der Waals surface area contributed by atoms with E-state index >= 15 is 0 Å². The van der Waals surface area contributed by atoms with E-state index in [1.807, 2.05) is 29.2 Å². The lowest BCUT2D eigenvalue weighted by Crippen LogP contribution is -2.32. The quantitative estimate of drug-likeness (QED) is 0.537. The molecule has 0 amide bonds. The fraction of sp³-hybridized carbons (Fsp3) is 0. The van der Waals surface area contributed by atoms with E-state index in [1.54, 1.807) is 12.4 Å². The number of nitrogens with zero attached hydrogens (tertiary/aromatic N) is 3. The highest BCUT2D eigenvalue weighted by molar-refractivity contribution is 5.98. The maximum Gasteiger partial charge on any atom is 0.234 e. The summed E-state index contributed by atoms with van der Waals surface area (Å²) in [5, 5.41) is 0. The van der Waals surface area contributed by atoms with Gasteiger partial charge in [0.2, 0.25) is 5.96 Å². The lowest BCUT2D eigenvalue weighted by molar-refractivity contribution is 0.645. The summed E-state index contributed by atoms with van der Waals surface area (Å²) in [5.74, 6) is 3.33. The van der Waals surface area contributed by atoms with Crippen molar-refractivity contribution in [3.8, 4) is 12.3 Å². The molecule has 3 aliphatic heterocycles. The predicted octanol–water partition coefficient (Wildman–Crippen LogP) is 1.60. The summed E-state index contributed by atoms with van der Waals surface area (Å²) < 4.78 is 0. The first-order valence-corrected chi connectivity index (χ1v) is 4.57. The van der Waals surface area contributed by atoms with Gasteiger partial charge in [-0.05, 0) is 24.3 Å². The number of allylic oxidation sites excluding steroid dienone is 5. The predicted molar refractivity (Wildman–Crippen MR) is 60.0 cm³/mol. The van der Waals surface area contributed by atoms with Crippen LogP contribution in [0.15, 0.2) is 57.5 Å². The minimum absolute atomic E-state index is 0.688. The lowest BCUT2D eigenvalue weighted by Gasteiger charge is -2.31. The van der Waals surface area contributed by atoms with Gasteiger partial charge in [0.1, 0.15) is 0 Å². The maximum atomic E-state index is 5.40. The van der Waals surface area contributed by atoms with Gasteiger partial charge in [0.15, 0.2) is 0 Å². The fourth-order valence-electron chi connectivity index (χ4n) is 1.71. The maximum absolute atomic E-state index is 5.40. The minimum Gasteiger partial charge on any atom is -0.279 e. The zero-order valence-corrected chi connectivity index (χ0v) is 7.88. The van der Waals surface area contributed by atoms with Crippen molar-refractivity contribution in [2.24, 2.45) is 9.98 Å². The summed E-state index contributed by atoms with van der Waals surface area (Å²) in [6.07, 6.45) is 16.6. The van der Waals surface area contributed by atoms with E-state index in [0.29, 0.717) is 5.96 Å². The van der Waals surface area contributed by atoms with Gasteiger partial charge in [-0.25, -0.2) is 9.98 Å². The molecule has 0 spiro atoms. The summed E-state index contributed by atoms with van der Waals surface area (Å²) in [6.45, 7) is 0. The topological polar surface area (TPSA) is 28.0 Å². The Hall–Kier alpha value is -2.34. The van der Waals surface area contributed by atoms with Crippen molar-refractivity contribution in [1.82, 2.24) is 4.90 Å². The number of guanidine groups is 1. The van der Waals surface area contributed by atoms with Gasteiger partial charge < -0.3 is 0 Å². The van der Waals surface area contributed by atoms with Crippen molar-refractivity contribution < 1.29 is 0 Å². The van der Waals surface area contributed by atoms with E-state index in [2.05, 4.69) is 15.9 Å². The minimum atomic E-state index is 0.688. The van der Waals surface area contributed by atoms with E-state index in [4.69, 9.17) is 6.42 Å². The molecule has 3 heterocycles. The second-order valence-electron chi connectivity index (χ2n) is 3.26. The summed E-state index contributed by atoms with van der Waals surface area (Å²) in [6, 6.07) is 0. The van der Waals surface area contributed by atoms with Crippen LogP contribution in [0.25, 0.3) is 0 Å². The third kappa shape index (κ3) is 1.09. The molecule has 0 aliphatic carbocycles. The monoisotopic (exact) mass is 193 g/mol. The van der Waals surface area contributed by atoms with Crippen LogP contribution < -0.4 is 0 Å². The molecular weight excluding hydrogens is 186 g/mol. The largest absolute Gasteiger partial charge is 0.279 e. The molecule has 0 N–H and O–H groups in total. The van der Waals surface area contributed by atoms with Crippen molar-refractivity contribution >= 4 is 12.2 Å². The highest BCUT2D eigenvalue weighted by Crippen LogP contribution is 2.28. The van der Waals surface area contributed by atoms with Gasteiger partial charge in [-0.15, -0.1) is 6.42 Å². The van der Waals surface area contributed by atoms with Gasteiger partial charge >= 0.3 is 0 Å². The summed E-state index contributed by atoms with van der Waals surface area (Å²) in [4.78, 5) is 10.3. The molecule has 0 bridgehead atoms. The van der Waals surface area contributed by atoms with Crippen LogP contribution in [0.4, 0.5) is 0 Å². The molecule has 3 rings (SSSR count). The Morgan fingerprint density at radius 2 is 2.20 bits per heavy atom. The van der Waals surface area contributed by atoms with Gasteiger partial charge in [-0.2, -0.15) is 0 Å². The van der Waals surface area contributed by atoms with Crippen molar-refractivity contribution in [3.63, 3.8) is 0 Å². The number of hydrogen-bond acceptors (Lipinski definition) is 3. The molecule has 0 aromatic rings. The Kier molecular flexibility index (Phi) is 1.51. The van der Waals surface area contributed by atoms with Gasteiger partial charge in [0.05, 0.1) is 11.4 Å². The summed E-state index contributed by atoms with van der Waals surface area (Å²) in [7, 11) is 0. The Labute approximate surface area is 87.5 Å². The molecule has 3 heteroatoms. The van der Waals surface area contributed by atoms with Crippen LogP contribution in [0.3, 0.4) is 0 Å². The van der Waals surface area contributed by atoms with Crippen LogP contribution in [0.2, 0.25) is 0 Å². The third-order valence-corrected chi connectivity index (χ3v) is 2.36. The molecule has 0 aromatic carbocycles. The zero-order chi connectivity index (χ0) is 10.3. The molecule has 0 aromatic heterocycles. The van der Waals surface area contributed by atoms with Crippen LogP contribution in [0.5, 0.6) is 0 Å². The molecule has 70 valence electrons. The number of aliphatic imine (C=N–C) groups is 2. The van der Waals surface area contributed by atoms with Crippen LogP contribution >= 0.6 is 0 Å². The molecular formula is C12H7N3.